The van der Waals surface area contributed by atoms with Crippen LogP contribution in [0, 0.1) is 11.3 Å². The number of carbonyl (C=O) groups excluding carboxylic acids is 1. The average Bonchev–Trinajstić information content (AvgIpc) is 2.76. The van der Waals surface area contributed by atoms with Gasteiger partial charge in [-0.25, -0.2) is 8.42 Å². The van der Waals surface area contributed by atoms with Gasteiger partial charge in [-0.05, 0) is 30.7 Å². The molecule has 1 heterocycles. The van der Waals surface area contributed by atoms with E-state index in [1.807, 2.05) is 6.07 Å². The van der Waals surface area contributed by atoms with E-state index in [0.717, 1.165) is 0 Å². The van der Waals surface area contributed by atoms with Crippen molar-refractivity contribution in [2.75, 3.05) is 18.1 Å². The number of carbonyl (C=O) groups is 1. The van der Waals surface area contributed by atoms with Gasteiger partial charge >= 0.3 is 0 Å². The summed E-state index contributed by atoms with van der Waals surface area (Å²) >= 11 is 0. The molecule has 106 valence electrons. The first-order chi connectivity index (χ1) is 9.48. The van der Waals surface area contributed by atoms with Gasteiger partial charge in [-0.2, -0.15) is 5.26 Å². The van der Waals surface area contributed by atoms with Crippen molar-refractivity contribution in [1.82, 2.24) is 5.32 Å². The van der Waals surface area contributed by atoms with E-state index in [-0.39, 0.29) is 30.1 Å². The zero-order valence-electron chi connectivity index (χ0n) is 10.7. The van der Waals surface area contributed by atoms with E-state index in [1.165, 1.54) is 0 Å². The molecule has 1 unspecified atom stereocenters. The first kappa shape index (κ1) is 14.3. The maximum absolute atomic E-state index is 11.6. The molecule has 0 spiro atoms. The van der Waals surface area contributed by atoms with Crippen LogP contribution >= 0.6 is 0 Å². The van der Waals surface area contributed by atoms with Gasteiger partial charge in [0.1, 0.15) is 5.75 Å². The van der Waals surface area contributed by atoms with E-state index in [1.54, 1.807) is 24.3 Å². The largest absolute Gasteiger partial charge is 0.484 e. The van der Waals surface area contributed by atoms with Crippen LogP contribution in [0.25, 0.3) is 0 Å². The van der Waals surface area contributed by atoms with E-state index < -0.39 is 9.84 Å². The van der Waals surface area contributed by atoms with Crippen molar-refractivity contribution in [3.63, 3.8) is 0 Å². The molecule has 6 nitrogen and oxygen atoms in total. The molecule has 1 saturated heterocycles. The van der Waals surface area contributed by atoms with Crippen molar-refractivity contribution in [1.29, 1.82) is 5.26 Å². The fourth-order valence-electron chi connectivity index (χ4n) is 1.95. The lowest BCUT2D eigenvalue weighted by molar-refractivity contribution is -0.123. The Morgan fingerprint density at radius 3 is 2.65 bits per heavy atom. The van der Waals surface area contributed by atoms with Crippen LogP contribution in [-0.2, 0) is 14.6 Å². The monoisotopic (exact) mass is 294 g/mol. The molecule has 1 amide bonds. The zero-order valence-corrected chi connectivity index (χ0v) is 11.5. The average molecular weight is 294 g/mol. The van der Waals surface area contributed by atoms with Crippen LogP contribution in [0.2, 0.25) is 0 Å². The first-order valence-electron chi connectivity index (χ1n) is 6.11. The summed E-state index contributed by atoms with van der Waals surface area (Å²) in [6.45, 7) is -0.178. The highest BCUT2D eigenvalue weighted by molar-refractivity contribution is 7.91. The molecular formula is C13H14N2O4S. The van der Waals surface area contributed by atoms with Crippen LogP contribution in [0.15, 0.2) is 24.3 Å². The summed E-state index contributed by atoms with van der Waals surface area (Å²) in [6, 6.07) is 8.06. The minimum atomic E-state index is -3.00. The van der Waals surface area contributed by atoms with Crippen LogP contribution in [-0.4, -0.2) is 38.5 Å². The number of rotatable bonds is 4. The molecule has 1 aromatic carbocycles. The van der Waals surface area contributed by atoms with Crippen molar-refractivity contribution in [3.05, 3.63) is 29.8 Å². The molecule has 1 atom stereocenters. The van der Waals surface area contributed by atoms with Crippen LogP contribution in [0.4, 0.5) is 0 Å². The van der Waals surface area contributed by atoms with Crippen molar-refractivity contribution < 1.29 is 17.9 Å². The Hall–Kier alpha value is -2.07. The van der Waals surface area contributed by atoms with Crippen molar-refractivity contribution in [2.24, 2.45) is 0 Å². The van der Waals surface area contributed by atoms with Gasteiger partial charge in [-0.3, -0.25) is 4.79 Å². The summed E-state index contributed by atoms with van der Waals surface area (Å²) in [6.07, 6.45) is 0.449. The smallest absolute Gasteiger partial charge is 0.258 e. The number of nitrogens with one attached hydrogen (secondary N) is 1. The molecule has 0 aliphatic carbocycles. The summed E-state index contributed by atoms with van der Waals surface area (Å²) in [5.74, 6) is 0.249. The molecule has 1 aromatic rings. The summed E-state index contributed by atoms with van der Waals surface area (Å²) in [5, 5.41) is 11.3. The van der Waals surface area contributed by atoms with Crippen LogP contribution in [0.3, 0.4) is 0 Å². The second-order valence-electron chi connectivity index (χ2n) is 4.59. The second kappa shape index (κ2) is 5.92. The molecule has 0 bridgehead atoms. The number of amides is 1. The number of hydrogen-bond acceptors (Lipinski definition) is 5. The highest BCUT2D eigenvalue weighted by atomic mass is 32.2. The summed E-state index contributed by atoms with van der Waals surface area (Å²) in [4.78, 5) is 11.6. The number of nitriles is 1. The number of benzene rings is 1. The predicted octanol–water partition coefficient (Wildman–Crippen LogP) is 0.240. The maximum atomic E-state index is 11.6. The minimum absolute atomic E-state index is 0.00436. The zero-order chi connectivity index (χ0) is 14.6. The molecule has 0 aromatic heterocycles. The number of sulfone groups is 1. The highest BCUT2D eigenvalue weighted by Crippen LogP contribution is 2.12. The topological polar surface area (TPSA) is 96.3 Å². The molecule has 1 aliphatic heterocycles. The fraction of sp³-hybridized carbons (Fsp3) is 0.385. The van der Waals surface area contributed by atoms with E-state index in [2.05, 4.69) is 5.32 Å². The van der Waals surface area contributed by atoms with Gasteiger partial charge in [0.15, 0.2) is 16.4 Å². The van der Waals surface area contributed by atoms with Crippen molar-refractivity contribution in [2.45, 2.75) is 12.5 Å². The molecule has 20 heavy (non-hydrogen) atoms. The van der Waals surface area contributed by atoms with Gasteiger partial charge in [0.05, 0.1) is 23.1 Å². The lowest BCUT2D eigenvalue weighted by Gasteiger charge is -2.11. The number of nitrogens with zero attached hydrogens (tertiary/aromatic N) is 1. The third-order valence-electron chi connectivity index (χ3n) is 2.95. The molecule has 7 heteroatoms. The maximum Gasteiger partial charge on any atom is 0.258 e. The second-order valence-corrected chi connectivity index (χ2v) is 6.82. The molecule has 1 aliphatic rings. The fourth-order valence-corrected chi connectivity index (χ4v) is 3.63. The molecule has 1 N–H and O–H groups in total. The third-order valence-corrected chi connectivity index (χ3v) is 4.72. The SMILES string of the molecule is N#Cc1ccc(OCC(=O)NC2CCS(=O)(=O)C2)cc1. The van der Waals surface area contributed by atoms with Crippen LogP contribution in [0.1, 0.15) is 12.0 Å². The highest BCUT2D eigenvalue weighted by Gasteiger charge is 2.28. The number of ether oxygens (including phenoxy) is 1. The Morgan fingerprint density at radius 1 is 1.40 bits per heavy atom. The summed E-state index contributed by atoms with van der Waals surface area (Å²) < 4.78 is 27.8. The Bertz CT molecular complexity index is 631. The third kappa shape index (κ3) is 3.96. The minimum Gasteiger partial charge on any atom is -0.484 e. The first-order valence-corrected chi connectivity index (χ1v) is 7.93. The summed E-state index contributed by atoms with van der Waals surface area (Å²) in [7, 11) is -3.00. The Labute approximate surface area is 117 Å². The normalized spacial score (nSPS) is 20.1. The van der Waals surface area contributed by atoms with Crippen LogP contribution < -0.4 is 10.1 Å². The Balaban J connectivity index is 1.79. The van der Waals surface area contributed by atoms with E-state index in [0.29, 0.717) is 17.7 Å². The molecular weight excluding hydrogens is 280 g/mol. The number of hydrogen-bond donors (Lipinski definition) is 1. The predicted molar refractivity (Wildman–Crippen MR) is 71.9 cm³/mol. The summed E-state index contributed by atoms with van der Waals surface area (Å²) in [5.41, 5.74) is 0.512. The Kier molecular flexibility index (Phi) is 4.25. The van der Waals surface area contributed by atoms with Gasteiger partial charge < -0.3 is 10.1 Å². The van der Waals surface area contributed by atoms with Gasteiger partial charge in [0.2, 0.25) is 0 Å². The Morgan fingerprint density at radius 2 is 2.10 bits per heavy atom. The van der Waals surface area contributed by atoms with Gasteiger partial charge in [-0.1, -0.05) is 0 Å². The lowest BCUT2D eigenvalue weighted by atomic mass is 10.2. The van der Waals surface area contributed by atoms with Gasteiger partial charge in [0.25, 0.3) is 5.91 Å². The quantitative estimate of drug-likeness (QED) is 0.858. The van der Waals surface area contributed by atoms with E-state index >= 15 is 0 Å². The lowest BCUT2D eigenvalue weighted by Crippen LogP contribution is -2.38. The molecule has 0 radical (unpaired) electrons. The van der Waals surface area contributed by atoms with E-state index in [4.69, 9.17) is 10.00 Å². The van der Waals surface area contributed by atoms with Crippen molar-refractivity contribution >= 4 is 15.7 Å². The molecule has 0 saturated carbocycles. The van der Waals surface area contributed by atoms with Gasteiger partial charge in [-0.15, -0.1) is 0 Å². The van der Waals surface area contributed by atoms with Crippen molar-refractivity contribution in [3.8, 4) is 11.8 Å². The van der Waals surface area contributed by atoms with E-state index in [9.17, 15) is 13.2 Å². The molecule has 1 fully saturated rings. The molecule has 2 rings (SSSR count). The standard InChI is InChI=1S/C13H14N2O4S/c14-7-10-1-3-12(4-2-10)19-8-13(16)15-11-5-6-20(17,18)9-11/h1-4,11H,5-6,8-9H2,(H,15,16). The van der Waals surface area contributed by atoms with Gasteiger partial charge in [0, 0.05) is 6.04 Å². The van der Waals surface area contributed by atoms with Crippen LogP contribution in [0.5, 0.6) is 5.75 Å².